The van der Waals surface area contributed by atoms with Gasteiger partial charge in [0.15, 0.2) is 6.54 Å². The number of ether oxygens (including phenoxy) is 1. The normalized spacial score (nSPS) is 13.8. The molecule has 64 heavy (non-hydrogen) atoms. The van der Waals surface area contributed by atoms with Crippen LogP contribution in [0.15, 0.2) is 60.7 Å². The van der Waals surface area contributed by atoms with Crippen LogP contribution >= 0.6 is 0 Å². The van der Waals surface area contributed by atoms with Crippen LogP contribution in [0.25, 0.3) is 21.8 Å². The number of amides is 4. The van der Waals surface area contributed by atoms with Crippen LogP contribution in [-0.4, -0.2) is 115 Å². The number of hydrogen-bond acceptors (Lipinski definition) is 11. The number of carboxylic acids is 1. The standard InChI is InChI=1S/C45H53N5O13S/c1-30-28-32(29-31(2)43(30)62-45(58)42-33-12-4-6-14-35(33)48(23-11-27-64(59,60)61)36-15-7-5-13-34(36)42)44(57)47-22-10-25-50(3,26-20-40(54)55)24-9-21-46-37(51)16-8-17-41(56)63-49-38(52)18-19-39(49)53/h4-7,12-15,28-29H,8-11,16-27H2,1-3H3,(H2-2,46,47,51,54,55,57,59,60,61)/p+2. The van der Waals surface area contributed by atoms with Crippen molar-refractivity contribution in [3.05, 3.63) is 82.9 Å². The average Bonchev–Trinajstić information content (AvgIpc) is 3.55. The lowest BCUT2D eigenvalue weighted by molar-refractivity contribution is -0.909. The molecule has 1 atom stereocenters. The summed E-state index contributed by atoms with van der Waals surface area (Å²) in [6.07, 6.45) is 1.19. The average molecular weight is 906 g/mol. The number of carbonyl (C=O) groups excluding carboxylic acids is 6. The van der Waals surface area contributed by atoms with Gasteiger partial charge in [-0.15, -0.1) is 5.06 Å². The molecule has 2 heterocycles. The van der Waals surface area contributed by atoms with E-state index in [-0.39, 0.29) is 63.3 Å². The molecule has 18 nitrogen and oxygen atoms in total. The summed E-state index contributed by atoms with van der Waals surface area (Å²) >= 11 is 0. The second kappa shape index (κ2) is 21.9. The Morgan fingerprint density at radius 3 is 1.91 bits per heavy atom. The molecule has 1 saturated heterocycles. The third-order valence-electron chi connectivity index (χ3n) is 11.0. The topological polar surface area (TPSA) is 244 Å². The van der Waals surface area contributed by atoms with Gasteiger partial charge in [-0.25, -0.2) is 9.59 Å². The van der Waals surface area contributed by atoms with Gasteiger partial charge in [0.2, 0.25) is 16.9 Å². The van der Waals surface area contributed by atoms with Crippen molar-refractivity contribution in [1.82, 2.24) is 15.7 Å². The summed E-state index contributed by atoms with van der Waals surface area (Å²) in [6.45, 7) is 5.82. The first-order valence-electron chi connectivity index (χ1n) is 21.1. The Morgan fingerprint density at radius 2 is 1.34 bits per heavy atom. The second-order valence-corrected chi connectivity index (χ2v) is 17.7. The molecule has 0 spiro atoms. The molecule has 0 radical (unpaired) electrons. The van der Waals surface area contributed by atoms with Crippen molar-refractivity contribution >= 4 is 73.5 Å². The van der Waals surface area contributed by atoms with E-state index in [0.717, 1.165) is 0 Å². The Morgan fingerprint density at radius 1 is 0.781 bits per heavy atom. The molecule has 1 unspecified atom stereocenters. The van der Waals surface area contributed by atoms with E-state index in [2.05, 4.69) is 10.6 Å². The zero-order chi connectivity index (χ0) is 46.6. The van der Waals surface area contributed by atoms with E-state index in [0.29, 0.717) is 105 Å². The van der Waals surface area contributed by atoms with Crippen LogP contribution in [0.5, 0.6) is 5.75 Å². The zero-order valence-electron chi connectivity index (χ0n) is 36.2. The minimum absolute atomic E-state index is 0.00988. The van der Waals surface area contributed by atoms with Crippen molar-refractivity contribution in [3.8, 4) is 5.75 Å². The third-order valence-corrected chi connectivity index (χ3v) is 11.8. The van der Waals surface area contributed by atoms with Gasteiger partial charge in [-0.2, -0.15) is 13.0 Å². The number of benzene rings is 3. The fourth-order valence-corrected chi connectivity index (χ4v) is 8.30. The highest BCUT2D eigenvalue weighted by Crippen LogP contribution is 2.30. The van der Waals surface area contributed by atoms with Crippen molar-refractivity contribution in [3.63, 3.8) is 0 Å². The van der Waals surface area contributed by atoms with E-state index in [4.69, 9.17) is 9.57 Å². The van der Waals surface area contributed by atoms with Gasteiger partial charge in [-0.3, -0.25) is 28.5 Å². The minimum Gasteiger partial charge on any atom is -0.481 e. The van der Waals surface area contributed by atoms with Crippen LogP contribution in [0.2, 0.25) is 0 Å². The molecule has 1 aromatic heterocycles. The monoisotopic (exact) mass is 905 g/mol. The number of esters is 1. The number of aromatic nitrogens is 1. The van der Waals surface area contributed by atoms with Crippen LogP contribution in [-0.2, 0) is 45.5 Å². The van der Waals surface area contributed by atoms with Crippen molar-refractivity contribution in [2.45, 2.75) is 78.2 Å². The minimum atomic E-state index is -4.16. The fourth-order valence-electron chi connectivity index (χ4n) is 7.81. The maximum Gasteiger partial charge on any atom is 0.345 e. The van der Waals surface area contributed by atoms with Crippen molar-refractivity contribution < 1.29 is 70.3 Å². The molecule has 1 aliphatic heterocycles. The summed E-state index contributed by atoms with van der Waals surface area (Å²) in [4.78, 5) is 91.3. The lowest BCUT2D eigenvalue weighted by atomic mass is 10.0. The highest BCUT2D eigenvalue weighted by molar-refractivity contribution is 7.85. The van der Waals surface area contributed by atoms with Crippen LogP contribution in [0.1, 0.15) is 89.6 Å². The van der Waals surface area contributed by atoms with E-state index in [1.54, 1.807) is 50.2 Å². The number of pyridine rings is 1. The van der Waals surface area contributed by atoms with Gasteiger partial charge in [-0.05, 0) is 55.7 Å². The van der Waals surface area contributed by atoms with Gasteiger partial charge in [0.05, 0.1) is 55.2 Å². The molecule has 4 amide bonds. The fraction of sp³-hybridized carbons (Fsp3) is 0.422. The number of para-hydroxylation sites is 2. The van der Waals surface area contributed by atoms with Crippen molar-refractivity contribution in [2.24, 2.45) is 0 Å². The quantitative estimate of drug-likeness (QED) is 0.0121. The SMILES string of the molecule is Cc1cc(C(=O)NCCC[N+](C)(CCCNC(=O)CCCC(=O)ON2C(=O)CCC2=O)CCC(=O)O)cc(C)c1OC(=O)c1c2ccccc2[n+](CCCS(=O)(=O)O)c2ccccc12. The number of nitrogens with one attached hydrogen (secondary N) is 2. The largest absolute Gasteiger partial charge is 0.481 e. The molecule has 1 aliphatic rings. The molecular weight excluding hydrogens is 851 g/mol. The van der Waals surface area contributed by atoms with Crippen LogP contribution in [0.3, 0.4) is 0 Å². The molecule has 1 fully saturated rings. The molecule has 342 valence electrons. The lowest BCUT2D eigenvalue weighted by Crippen LogP contribution is -2.48. The van der Waals surface area contributed by atoms with Crippen LogP contribution in [0.4, 0.5) is 0 Å². The first-order valence-corrected chi connectivity index (χ1v) is 22.8. The van der Waals surface area contributed by atoms with Crippen molar-refractivity contribution in [2.75, 3.05) is 45.5 Å². The highest BCUT2D eigenvalue weighted by atomic mass is 32.2. The number of imide groups is 1. The number of aliphatic carboxylic acids is 1. The molecular formula is C45H55N5O13S+2. The second-order valence-electron chi connectivity index (χ2n) is 16.2. The van der Waals surface area contributed by atoms with E-state index in [9.17, 15) is 51.6 Å². The number of nitrogens with zero attached hydrogens (tertiary/aromatic N) is 3. The molecule has 3 aromatic carbocycles. The molecule has 0 saturated carbocycles. The van der Waals surface area contributed by atoms with Crippen LogP contribution < -0.4 is 19.9 Å². The molecule has 0 aliphatic carbocycles. The summed E-state index contributed by atoms with van der Waals surface area (Å²) in [5, 5.41) is 16.8. The Bertz CT molecular complexity index is 2470. The molecule has 0 bridgehead atoms. The Kier molecular flexibility index (Phi) is 16.6. The highest BCUT2D eigenvalue weighted by Gasteiger charge is 2.33. The maximum absolute atomic E-state index is 14.1. The number of carbonyl (C=O) groups is 7. The number of hydrogen-bond donors (Lipinski definition) is 4. The van der Waals surface area contributed by atoms with E-state index in [1.807, 2.05) is 35.9 Å². The lowest BCUT2D eigenvalue weighted by Gasteiger charge is -2.34. The summed E-state index contributed by atoms with van der Waals surface area (Å²) in [7, 11) is -2.24. The number of rotatable bonds is 23. The Hall–Kier alpha value is -6.31. The van der Waals surface area contributed by atoms with E-state index >= 15 is 0 Å². The number of fused-ring (bicyclic) bond motifs is 2. The van der Waals surface area contributed by atoms with Gasteiger partial charge in [-0.1, -0.05) is 24.3 Å². The van der Waals surface area contributed by atoms with Crippen LogP contribution in [0, 0.1) is 13.8 Å². The predicted molar refractivity (Wildman–Crippen MR) is 232 cm³/mol. The number of carboxylic acid groups (broad SMARTS) is 1. The van der Waals surface area contributed by atoms with Gasteiger partial charge in [0.25, 0.3) is 27.8 Å². The molecule has 4 N–H and O–H groups in total. The number of hydroxylamine groups is 2. The summed E-state index contributed by atoms with van der Waals surface area (Å²) in [6, 6.07) is 17.7. The predicted octanol–water partition coefficient (Wildman–Crippen LogP) is 3.72. The van der Waals surface area contributed by atoms with Crippen molar-refractivity contribution in [1.29, 1.82) is 0 Å². The molecule has 4 aromatic rings. The summed E-state index contributed by atoms with van der Waals surface area (Å²) in [5.74, 6) is -4.22. The first-order chi connectivity index (χ1) is 30.4. The maximum atomic E-state index is 14.1. The number of aryl methyl sites for hydroxylation is 3. The van der Waals surface area contributed by atoms with Gasteiger partial charge < -0.3 is 29.8 Å². The summed E-state index contributed by atoms with van der Waals surface area (Å²) in [5.41, 5.74) is 3.16. The van der Waals surface area contributed by atoms with E-state index in [1.165, 1.54) is 0 Å². The smallest absolute Gasteiger partial charge is 0.345 e. The number of quaternary nitrogens is 1. The van der Waals surface area contributed by atoms with E-state index < -0.39 is 45.6 Å². The van der Waals surface area contributed by atoms with Gasteiger partial charge >= 0.3 is 17.9 Å². The zero-order valence-corrected chi connectivity index (χ0v) is 37.0. The third kappa shape index (κ3) is 13.4. The molecule has 19 heteroatoms. The molecule has 5 rings (SSSR count). The Labute approximate surface area is 370 Å². The first kappa shape index (κ1) is 48.7. The van der Waals surface area contributed by atoms with Gasteiger partial charge in [0, 0.05) is 75.7 Å². The Balaban J connectivity index is 1.13. The van der Waals surface area contributed by atoms with Gasteiger partial charge in [0.1, 0.15) is 5.75 Å². The summed E-state index contributed by atoms with van der Waals surface area (Å²) < 4.78 is 40.6.